The fourth-order valence-corrected chi connectivity index (χ4v) is 3.40. The minimum absolute atomic E-state index is 0.00246. The molecule has 0 unspecified atom stereocenters. The van der Waals surface area contributed by atoms with Crippen molar-refractivity contribution in [3.8, 4) is 11.6 Å². The van der Waals surface area contributed by atoms with E-state index in [1.807, 2.05) is 25.1 Å². The van der Waals surface area contributed by atoms with E-state index in [4.69, 9.17) is 16.3 Å². The van der Waals surface area contributed by atoms with Crippen LogP contribution in [0.5, 0.6) is 11.6 Å². The Morgan fingerprint density at radius 3 is 2.79 bits per heavy atom. The summed E-state index contributed by atoms with van der Waals surface area (Å²) in [6.07, 6.45) is 1.91. The van der Waals surface area contributed by atoms with Crippen molar-refractivity contribution in [1.29, 1.82) is 0 Å². The number of aryl methyl sites for hydroxylation is 2. The minimum atomic E-state index is -0.554. The maximum atomic E-state index is 12.1. The predicted molar refractivity (Wildman–Crippen MR) is 117 cm³/mol. The average Bonchev–Trinajstić information content (AvgIpc) is 2.95. The third-order valence-corrected chi connectivity index (χ3v) is 5.38. The lowest BCUT2D eigenvalue weighted by atomic mass is 10.2. The second kappa shape index (κ2) is 9.41. The van der Waals surface area contributed by atoms with Crippen molar-refractivity contribution in [2.24, 2.45) is 10.2 Å². The molecule has 0 bridgehead atoms. The molecule has 0 fully saturated rings. The highest BCUT2D eigenvalue weighted by atomic mass is 79.9. The van der Waals surface area contributed by atoms with Crippen molar-refractivity contribution in [3.05, 3.63) is 51.5 Å². The molecule has 2 aromatic carbocycles. The molecule has 0 spiro atoms. The van der Waals surface area contributed by atoms with E-state index in [1.165, 1.54) is 0 Å². The lowest BCUT2D eigenvalue weighted by Crippen LogP contribution is -2.07. The number of hydrogen-bond donors (Lipinski definition) is 1. The van der Waals surface area contributed by atoms with Crippen LogP contribution in [0.3, 0.4) is 0 Å². The van der Waals surface area contributed by atoms with Gasteiger partial charge in [0, 0.05) is 21.4 Å². The quantitative estimate of drug-likeness (QED) is 0.391. The van der Waals surface area contributed by atoms with Crippen molar-refractivity contribution in [2.45, 2.75) is 33.2 Å². The Balaban J connectivity index is 1.80. The SMILES string of the molecule is CCCCn1c(O)c(N=NC(=O)COc2ccc(Cl)c(C)c2)c2cc(Br)ccc21. The molecule has 1 N–H and O–H groups in total. The van der Waals surface area contributed by atoms with Crippen LogP contribution in [0.25, 0.3) is 10.9 Å². The summed E-state index contributed by atoms with van der Waals surface area (Å²) in [7, 11) is 0. The first-order valence-electron chi connectivity index (χ1n) is 9.25. The average molecular weight is 479 g/mol. The molecule has 1 aromatic heterocycles. The van der Waals surface area contributed by atoms with E-state index in [0.29, 0.717) is 17.3 Å². The Morgan fingerprint density at radius 1 is 1.28 bits per heavy atom. The van der Waals surface area contributed by atoms with Gasteiger partial charge in [0.15, 0.2) is 12.3 Å². The van der Waals surface area contributed by atoms with Gasteiger partial charge in [-0.05, 0) is 55.3 Å². The zero-order valence-corrected chi connectivity index (χ0v) is 18.5. The second-order valence-electron chi connectivity index (χ2n) is 6.63. The van der Waals surface area contributed by atoms with Crippen LogP contribution in [-0.2, 0) is 11.3 Å². The number of fused-ring (bicyclic) bond motifs is 1. The standard InChI is InChI=1S/C21H21BrClN3O3/c1-3-4-9-26-18-8-5-14(22)11-16(18)20(21(26)28)25-24-19(27)12-29-15-6-7-17(23)13(2)10-15/h5-8,10-11,28H,3-4,9,12H2,1-2H3. The third kappa shape index (κ3) is 4.97. The molecular weight excluding hydrogens is 458 g/mol. The van der Waals surface area contributed by atoms with Crippen LogP contribution in [0, 0.1) is 6.92 Å². The topological polar surface area (TPSA) is 76.2 Å². The van der Waals surface area contributed by atoms with Crippen molar-refractivity contribution in [1.82, 2.24) is 4.57 Å². The number of carbonyl (C=O) groups is 1. The zero-order chi connectivity index (χ0) is 21.0. The first kappa shape index (κ1) is 21.3. The van der Waals surface area contributed by atoms with Gasteiger partial charge in [-0.1, -0.05) is 40.9 Å². The van der Waals surface area contributed by atoms with Crippen LogP contribution in [0.2, 0.25) is 5.02 Å². The minimum Gasteiger partial charge on any atom is -0.493 e. The summed E-state index contributed by atoms with van der Waals surface area (Å²) in [5, 5.41) is 19.8. The van der Waals surface area contributed by atoms with Gasteiger partial charge in [0.2, 0.25) is 5.88 Å². The van der Waals surface area contributed by atoms with Gasteiger partial charge >= 0.3 is 5.91 Å². The Morgan fingerprint density at radius 2 is 2.07 bits per heavy atom. The van der Waals surface area contributed by atoms with E-state index >= 15 is 0 Å². The van der Waals surface area contributed by atoms with Gasteiger partial charge in [0.25, 0.3) is 0 Å². The molecule has 1 amide bonds. The summed E-state index contributed by atoms with van der Waals surface area (Å²) >= 11 is 9.42. The Hall–Kier alpha value is -2.38. The summed E-state index contributed by atoms with van der Waals surface area (Å²) in [5.41, 5.74) is 1.97. The largest absolute Gasteiger partial charge is 0.493 e. The Labute approximate surface area is 182 Å². The van der Waals surface area contributed by atoms with Gasteiger partial charge in [-0.3, -0.25) is 4.79 Å². The van der Waals surface area contributed by atoms with Gasteiger partial charge in [-0.2, -0.15) is 0 Å². The highest BCUT2D eigenvalue weighted by molar-refractivity contribution is 9.10. The maximum Gasteiger partial charge on any atom is 0.302 e. The van der Waals surface area contributed by atoms with Crippen LogP contribution >= 0.6 is 27.5 Å². The highest BCUT2D eigenvalue weighted by Gasteiger charge is 2.17. The van der Waals surface area contributed by atoms with Crippen LogP contribution < -0.4 is 4.74 Å². The monoisotopic (exact) mass is 477 g/mol. The maximum absolute atomic E-state index is 12.1. The number of aromatic nitrogens is 1. The van der Waals surface area contributed by atoms with Crippen molar-refractivity contribution >= 4 is 50.0 Å². The van der Waals surface area contributed by atoms with Crippen LogP contribution in [0.15, 0.2) is 51.1 Å². The number of nitrogens with zero attached hydrogens (tertiary/aromatic N) is 3. The van der Waals surface area contributed by atoms with Gasteiger partial charge in [-0.25, -0.2) is 0 Å². The van der Waals surface area contributed by atoms with Crippen LogP contribution in [-0.4, -0.2) is 22.2 Å². The molecule has 3 aromatic rings. The number of unbranched alkanes of at least 4 members (excludes halogenated alkanes) is 1. The molecule has 3 rings (SSSR count). The number of azo groups is 1. The van der Waals surface area contributed by atoms with E-state index in [1.54, 1.807) is 22.8 Å². The molecule has 0 radical (unpaired) electrons. The molecule has 0 saturated carbocycles. The summed E-state index contributed by atoms with van der Waals surface area (Å²) in [6.45, 7) is 4.33. The molecule has 1 heterocycles. The Bertz CT molecular complexity index is 1080. The zero-order valence-electron chi connectivity index (χ0n) is 16.2. The van der Waals surface area contributed by atoms with Crippen molar-refractivity contribution in [3.63, 3.8) is 0 Å². The number of ether oxygens (including phenoxy) is 1. The predicted octanol–water partition coefficient (Wildman–Crippen LogP) is 6.56. The smallest absolute Gasteiger partial charge is 0.302 e. The van der Waals surface area contributed by atoms with Crippen molar-refractivity contribution in [2.75, 3.05) is 6.61 Å². The second-order valence-corrected chi connectivity index (χ2v) is 7.96. The molecule has 29 heavy (non-hydrogen) atoms. The number of aromatic hydroxyl groups is 1. The van der Waals surface area contributed by atoms with E-state index in [9.17, 15) is 9.90 Å². The molecule has 0 aliphatic heterocycles. The third-order valence-electron chi connectivity index (χ3n) is 4.46. The normalized spacial score (nSPS) is 11.4. The molecule has 0 aliphatic carbocycles. The summed E-state index contributed by atoms with van der Waals surface area (Å²) < 4.78 is 8.09. The summed E-state index contributed by atoms with van der Waals surface area (Å²) in [5.74, 6) is -0.0304. The van der Waals surface area contributed by atoms with E-state index in [2.05, 4.69) is 33.1 Å². The fraction of sp³-hybridized carbons (Fsp3) is 0.286. The van der Waals surface area contributed by atoms with Gasteiger partial charge in [0.1, 0.15) is 5.75 Å². The van der Waals surface area contributed by atoms with Crippen LogP contribution in [0.4, 0.5) is 5.69 Å². The van der Waals surface area contributed by atoms with Crippen molar-refractivity contribution < 1.29 is 14.6 Å². The Kier molecular flexibility index (Phi) is 6.92. The molecular formula is C21H21BrClN3O3. The van der Waals surface area contributed by atoms with E-state index in [0.717, 1.165) is 33.8 Å². The van der Waals surface area contributed by atoms with E-state index in [-0.39, 0.29) is 18.2 Å². The first-order chi connectivity index (χ1) is 13.9. The molecule has 0 aliphatic rings. The number of halogens is 2. The lowest BCUT2D eigenvalue weighted by Gasteiger charge is -2.05. The molecule has 0 saturated heterocycles. The number of rotatable bonds is 7. The summed E-state index contributed by atoms with van der Waals surface area (Å²) in [4.78, 5) is 12.1. The molecule has 6 nitrogen and oxygen atoms in total. The first-order valence-corrected chi connectivity index (χ1v) is 10.4. The molecule has 8 heteroatoms. The lowest BCUT2D eigenvalue weighted by molar-refractivity contribution is -0.120. The number of hydrogen-bond acceptors (Lipinski definition) is 4. The number of benzene rings is 2. The number of carbonyl (C=O) groups excluding carboxylic acids is 1. The number of amides is 1. The summed E-state index contributed by atoms with van der Waals surface area (Å²) in [6, 6.07) is 10.8. The fourth-order valence-electron chi connectivity index (χ4n) is 2.92. The van der Waals surface area contributed by atoms with Crippen LogP contribution in [0.1, 0.15) is 25.3 Å². The van der Waals surface area contributed by atoms with E-state index < -0.39 is 5.91 Å². The highest BCUT2D eigenvalue weighted by Crippen LogP contribution is 2.40. The van der Waals surface area contributed by atoms with Gasteiger partial charge in [-0.15, -0.1) is 10.2 Å². The molecule has 0 atom stereocenters. The molecule has 152 valence electrons. The van der Waals surface area contributed by atoms with Gasteiger partial charge in [0.05, 0.1) is 5.52 Å². The van der Waals surface area contributed by atoms with Gasteiger partial charge < -0.3 is 14.4 Å².